The minimum absolute atomic E-state index is 0.0189. The highest BCUT2D eigenvalue weighted by Crippen LogP contribution is 2.33. The lowest BCUT2D eigenvalue weighted by Crippen LogP contribution is -2.49. The third-order valence-electron chi connectivity index (χ3n) is 5.38. The van der Waals surface area contributed by atoms with E-state index in [4.69, 9.17) is 9.47 Å². The molecule has 1 heterocycles. The number of piperidine rings is 1. The van der Waals surface area contributed by atoms with Gasteiger partial charge in [-0.25, -0.2) is 0 Å². The van der Waals surface area contributed by atoms with Gasteiger partial charge in [-0.3, -0.25) is 4.79 Å². The van der Waals surface area contributed by atoms with E-state index in [9.17, 15) is 9.90 Å². The number of rotatable bonds is 8. The highest BCUT2D eigenvalue weighted by molar-refractivity contribution is 5.78. The van der Waals surface area contributed by atoms with Gasteiger partial charge in [-0.1, -0.05) is 35.9 Å². The predicted molar refractivity (Wildman–Crippen MR) is 109 cm³/mol. The van der Waals surface area contributed by atoms with E-state index in [0.29, 0.717) is 31.9 Å². The van der Waals surface area contributed by atoms with Crippen molar-refractivity contribution >= 4 is 5.91 Å². The quantitative estimate of drug-likeness (QED) is 0.759. The van der Waals surface area contributed by atoms with Crippen LogP contribution >= 0.6 is 0 Å². The van der Waals surface area contributed by atoms with E-state index in [1.165, 1.54) is 0 Å². The Hall–Kier alpha value is -2.53. The second kappa shape index (κ2) is 9.60. The molecule has 1 aliphatic rings. The summed E-state index contributed by atoms with van der Waals surface area (Å²) in [4.78, 5) is 14.4. The minimum atomic E-state index is -0.313. The Kier molecular flexibility index (Phi) is 6.93. The molecule has 2 aromatic rings. The summed E-state index contributed by atoms with van der Waals surface area (Å²) >= 11 is 0. The third-order valence-corrected chi connectivity index (χ3v) is 5.38. The second-order valence-electron chi connectivity index (χ2n) is 7.59. The highest BCUT2D eigenvalue weighted by Gasteiger charge is 2.36. The van der Waals surface area contributed by atoms with Crippen molar-refractivity contribution in [2.24, 2.45) is 5.41 Å². The van der Waals surface area contributed by atoms with Crippen LogP contribution < -0.4 is 9.47 Å². The standard InChI is InChI=1S/C23H29NO4/c1-19-8-10-21(11-9-19)28-16-22(26)24-14-5-12-23(17-24,18-25)13-15-27-20-6-3-2-4-7-20/h2-4,6-11,25H,5,12-18H2,1H3. The van der Waals surface area contributed by atoms with Crippen molar-refractivity contribution in [1.29, 1.82) is 0 Å². The summed E-state index contributed by atoms with van der Waals surface area (Å²) in [7, 11) is 0. The molecule has 1 amide bonds. The van der Waals surface area contributed by atoms with Gasteiger partial charge in [0, 0.05) is 18.5 Å². The Morgan fingerprint density at radius 2 is 1.79 bits per heavy atom. The number of aryl methyl sites for hydroxylation is 1. The zero-order valence-electron chi connectivity index (χ0n) is 16.5. The van der Waals surface area contributed by atoms with E-state index in [2.05, 4.69) is 0 Å². The fourth-order valence-corrected chi connectivity index (χ4v) is 3.61. The smallest absolute Gasteiger partial charge is 0.260 e. The molecule has 0 bridgehead atoms. The molecule has 1 fully saturated rings. The van der Waals surface area contributed by atoms with Crippen LogP contribution in [0.3, 0.4) is 0 Å². The summed E-state index contributed by atoms with van der Waals surface area (Å²) in [6.07, 6.45) is 2.48. The zero-order chi connectivity index (χ0) is 19.8. The minimum Gasteiger partial charge on any atom is -0.494 e. The lowest BCUT2D eigenvalue weighted by atomic mass is 9.78. The number of hydrogen-bond donors (Lipinski definition) is 1. The monoisotopic (exact) mass is 383 g/mol. The number of aliphatic hydroxyl groups is 1. The summed E-state index contributed by atoms with van der Waals surface area (Å²) in [5, 5.41) is 10.0. The van der Waals surface area contributed by atoms with Crippen molar-refractivity contribution in [3.05, 3.63) is 60.2 Å². The Morgan fingerprint density at radius 3 is 2.50 bits per heavy atom. The van der Waals surface area contributed by atoms with Crippen molar-refractivity contribution in [3.63, 3.8) is 0 Å². The summed E-state index contributed by atoms with van der Waals surface area (Å²) in [5.74, 6) is 1.48. The summed E-state index contributed by atoms with van der Waals surface area (Å²) < 4.78 is 11.4. The molecule has 1 aliphatic heterocycles. The van der Waals surface area contributed by atoms with Gasteiger partial charge in [0.15, 0.2) is 6.61 Å². The van der Waals surface area contributed by atoms with E-state index < -0.39 is 0 Å². The van der Waals surface area contributed by atoms with Gasteiger partial charge in [-0.15, -0.1) is 0 Å². The van der Waals surface area contributed by atoms with Crippen molar-refractivity contribution in [3.8, 4) is 11.5 Å². The summed E-state index contributed by atoms with van der Waals surface area (Å²) in [6, 6.07) is 17.3. The van der Waals surface area contributed by atoms with Crippen LogP contribution in [0.4, 0.5) is 0 Å². The van der Waals surface area contributed by atoms with Crippen molar-refractivity contribution in [2.45, 2.75) is 26.2 Å². The molecule has 0 aliphatic carbocycles. The number of nitrogens with zero attached hydrogens (tertiary/aromatic N) is 1. The Labute approximate surface area is 166 Å². The van der Waals surface area contributed by atoms with Crippen LogP contribution in [-0.4, -0.2) is 48.8 Å². The summed E-state index contributed by atoms with van der Waals surface area (Å²) in [5.41, 5.74) is 0.840. The largest absolute Gasteiger partial charge is 0.494 e. The van der Waals surface area contributed by atoms with Crippen molar-refractivity contribution < 1.29 is 19.4 Å². The number of carbonyl (C=O) groups excluding carboxylic acids is 1. The number of para-hydroxylation sites is 1. The lowest BCUT2D eigenvalue weighted by Gasteiger charge is -2.41. The predicted octanol–water partition coefficient (Wildman–Crippen LogP) is 3.44. The van der Waals surface area contributed by atoms with Crippen LogP contribution in [0.5, 0.6) is 11.5 Å². The first-order chi connectivity index (χ1) is 13.6. The number of amides is 1. The lowest BCUT2D eigenvalue weighted by molar-refractivity contribution is -0.138. The fraction of sp³-hybridized carbons (Fsp3) is 0.435. The van der Waals surface area contributed by atoms with Gasteiger partial charge in [0.05, 0.1) is 13.2 Å². The molecule has 1 N–H and O–H groups in total. The molecular weight excluding hydrogens is 354 g/mol. The van der Waals surface area contributed by atoms with Crippen LogP contribution in [0.2, 0.25) is 0 Å². The first-order valence-electron chi connectivity index (χ1n) is 9.86. The number of carbonyl (C=O) groups is 1. The number of hydrogen-bond acceptors (Lipinski definition) is 4. The average molecular weight is 383 g/mol. The van der Waals surface area contributed by atoms with Crippen molar-refractivity contribution in [1.82, 2.24) is 4.90 Å². The van der Waals surface area contributed by atoms with Gasteiger partial charge in [-0.2, -0.15) is 0 Å². The first-order valence-corrected chi connectivity index (χ1v) is 9.86. The van der Waals surface area contributed by atoms with Gasteiger partial charge < -0.3 is 19.5 Å². The number of benzene rings is 2. The summed E-state index contributed by atoms with van der Waals surface area (Å²) in [6.45, 7) is 3.85. The van der Waals surface area contributed by atoms with Crippen LogP contribution in [0.1, 0.15) is 24.8 Å². The molecule has 2 aromatic carbocycles. The van der Waals surface area contributed by atoms with Crippen LogP contribution in [0.25, 0.3) is 0 Å². The first kappa shape index (κ1) is 20.2. The molecule has 0 spiro atoms. The van der Waals surface area contributed by atoms with Gasteiger partial charge in [-0.05, 0) is 50.5 Å². The molecule has 0 radical (unpaired) electrons. The maximum absolute atomic E-state index is 12.6. The van der Waals surface area contributed by atoms with Crippen LogP contribution in [0, 0.1) is 12.3 Å². The zero-order valence-corrected chi connectivity index (χ0v) is 16.5. The number of ether oxygens (including phenoxy) is 2. The van der Waals surface area contributed by atoms with E-state index in [0.717, 1.165) is 24.2 Å². The molecule has 3 rings (SSSR count). The number of aliphatic hydroxyl groups excluding tert-OH is 1. The molecule has 150 valence electrons. The van der Waals surface area contributed by atoms with E-state index in [1.54, 1.807) is 0 Å². The topological polar surface area (TPSA) is 59.0 Å². The normalized spacial score (nSPS) is 19.3. The molecule has 5 nitrogen and oxygen atoms in total. The third kappa shape index (κ3) is 5.49. The van der Waals surface area contributed by atoms with Gasteiger partial charge in [0.25, 0.3) is 5.91 Å². The van der Waals surface area contributed by atoms with Crippen molar-refractivity contribution in [2.75, 3.05) is 32.9 Å². The molecule has 1 unspecified atom stereocenters. The van der Waals surface area contributed by atoms with Gasteiger partial charge >= 0.3 is 0 Å². The molecule has 0 aromatic heterocycles. The SMILES string of the molecule is Cc1ccc(OCC(=O)N2CCCC(CO)(CCOc3ccccc3)C2)cc1. The maximum Gasteiger partial charge on any atom is 0.260 e. The van der Waals surface area contributed by atoms with E-state index in [-0.39, 0.29) is 24.5 Å². The van der Waals surface area contributed by atoms with Gasteiger partial charge in [0.1, 0.15) is 11.5 Å². The van der Waals surface area contributed by atoms with Crippen LogP contribution in [0.15, 0.2) is 54.6 Å². The molecule has 5 heteroatoms. The fourth-order valence-electron chi connectivity index (χ4n) is 3.61. The maximum atomic E-state index is 12.6. The average Bonchev–Trinajstić information content (AvgIpc) is 2.74. The van der Waals surface area contributed by atoms with E-state index >= 15 is 0 Å². The van der Waals surface area contributed by atoms with E-state index in [1.807, 2.05) is 66.4 Å². The van der Waals surface area contributed by atoms with Crippen LogP contribution in [-0.2, 0) is 4.79 Å². The molecule has 28 heavy (non-hydrogen) atoms. The van der Waals surface area contributed by atoms with Gasteiger partial charge in [0.2, 0.25) is 0 Å². The Morgan fingerprint density at radius 1 is 1.07 bits per heavy atom. The Bertz CT molecular complexity index is 747. The molecule has 0 saturated carbocycles. The Balaban J connectivity index is 1.51. The number of likely N-dealkylation sites (tertiary alicyclic amines) is 1. The molecular formula is C23H29NO4. The molecule has 1 saturated heterocycles. The second-order valence-corrected chi connectivity index (χ2v) is 7.59. The molecule has 1 atom stereocenters. The highest BCUT2D eigenvalue weighted by atomic mass is 16.5.